The lowest BCUT2D eigenvalue weighted by atomic mass is 9.92. The lowest BCUT2D eigenvalue weighted by Crippen LogP contribution is -2.57. The first-order valence-electron chi connectivity index (χ1n) is 6.59. The molecule has 1 rings (SSSR count). The molecular weight excluding hydrogens is 314 g/mol. The molecule has 1 aromatic rings. The molecule has 126 valence electrons. The molecule has 0 aliphatic heterocycles. The summed E-state index contributed by atoms with van der Waals surface area (Å²) in [5, 5.41) is 11.5. The summed E-state index contributed by atoms with van der Waals surface area (Å²) in [6.07, 6.45) is -0.0400. The quantitative estimate of drug-likeness (QED) is 0.271. The van der Waals surface area contributed by atoms with E-state index in [0.29, 0.717) is 0 Å². The van der Waals surface area contributed by atoms with Crippen LogP contribution in [0.2, 0.25) is 0 Å². The zero-order valence-electron chi connectivity index (χ0n) is 12.4. The highest BCUT2D eigenvalue weighted by atomic mass is 16.7. The van der Waals surface area contributed by atoms with Gasteiger partial charge < -0.3 is 14.5 Å². The molecule has 1 aromatic heterocycles. The minimum atomic E-state index is -2.93. The van der Waals surface area contributed by atoms with Crippen LogP contribution in [-0.2, 0) is 25.5 Å². The zero-order valence-corrected chi connectivity index (χ0v) is 12.4. The molecule has 0 bridgehead atoms. The van der Waals surface area contributed by atoms with Crippen molar-refractivity contribution in [2.75, 3.05) is 13.2 Å². The second-order valence-electron chi connectivity index (χ2n) is 4.33. The van der Waals surface area contributed by atoms with Crippen LogP contribution in [0.15, 0.2) is 15.8 Å². The van der Waals surface area contributed by atoms with Crippen LogP contribution in [0.5, 0.6) is 0 Å². The average Bonchev–Trinajstić information content (AvgIpc) is 2.46. The SMILES string of the molecule is CCOC(=O)C(Cc1c[nH]c(=O)[nH]c1=O)(C(=O)OCC)[N+](=O)[O-]. The third-order valence-corrected chi connectivity index (χ3v) is 2.88. The number of nitro groups is 1. The van der Waals surface area contributed by atoms with E-state index in [4.69, 9.17) is 0 Å². The highest BCUT2D eigenvalue weighted by Crippen LogP contribution is 2.20. The van der Waals surface area contributed by atoms with Crippen LogP contribution in [0, 0.1) is 10.1 Å². The van der Waals surface area contributed by atoms with Gasteiger partial charge in [-0.25, -0.2) is 14.4 Å². The molecule has 11 nitrogen and oxygen atoms in total. The number of aromatic nitrogens is 2. The minimum Gasteiger partial charge on any atom is -0.460 e. The van der Waals surface area contributed by atoms with E-state index >= 15 is 0 Å². The number of rotatable bonds is 7. The van der Waals surface area contributed by atoms with E-state index in [-0.39, 0.29) is 18.8 Å². The predicted molar refractivity (Wildman–Crippen MR) is 74.4 cm³/mol. The van der Waals surface area contributed by atoms with Crippen molar-refractivity contribution in [1.82, 2.24) is 9.97 Å². The van der Waals surface area contributed by atoms with E-state index < -0.39 is 40.1 Å². The van der Waals surface area contributed by atoms with E-state index in [1.165, 1.54) is 13.8 Å². The number of hydrogen-bond acceptors (Lipinski definition) is 8. The van der Waals surface area contributed by atoms with Crippen LogP contribution in [-0.4, -0.2) is 45.6 Å². The Bertz CT molecular complexity index is 702. The highest BCUT2D eigenvalue weighted by molar-refractivity contribution is 6.03. The summed E-state index contributed by atoms with van der Waals surface area (Å²) >= 11 is 0. The monoisotopic (exact) mass is 329 g/mol. The Morgan fingerprint density at radius 3 is 2.13 bits per heavy atom. The first kappa shape index (κ1) is 18.1. The summed E-state index contributed by atoms with van der Waals surface area (Å²) < 4.78 is 9.21. The van der Waals surface area contributed by atoms with Crippen LogP contribution in [0.25, 0.3) is 0 Å². The molecule has 1 heterocycles. The van der Waals surface area contributed by atoms with Crippen LogP contribution in [0.4, 0.5) is 0 Å². The number of carbonyl (C=O) groups is 2. The molecular formula is C12H15N3O8. The van der Waals surface area contributed by atoms with E-state index in [0.717, 1.165) is 6.20 Å². The van der Waals surface area contributed by atoms with E-state index in [9.17, 15) is 29.3 Å². The Kier molecular flexibility index (Phi) is 5.76. The number of ether oxygens (including phenoxy) is 2. The standard InChI is InChI=1S/C12H15N3O8/c1-3-22-9(17)12(15(20)21,10(18)23-4-2)5-7-6-13-11(19)14-8(7)16/h6H,3-5H2,1-2H3,(H2,13,14,16,19). The number of nitrogens with zero attached hydrogens (tertiary/aromatic N) is 1. The van der Waals surface area contributed by atoms with Crippen LogP contribution < -0.4 is 11.2 Å². The van der Waals surface area contributed by atoms with Gasteiger partial charge in [0.2, 0.25) is 0 Å². The number of H-pyrrole nitrogens is 2. The van der Waals surface area contributed by atoms with Gasteiger partial charge in [0.1, 0.15) is 0 Å². The summed E-state index contributed by atoms with van der Waals surface area (Å²) in [6.45, 7) is 2.38. The third kappa shape index (κ3) is 3.62. The van der Waals surface area contributed by atoms with E-state index in [1.54, 1.807) is 0 Å². The van der Waals surface area contributed by atoms with Gasteiger partial charge in [0.15, 0.2) is 0 Å². The predicted octanol–water partition coefficient (Wildman–Crippen LogP) is -1.25. The first-order chi connectivity index (χ1) is 10.8. The maximum Gasteiger partial charge on any atom is 0.414 e. The second kappa shape index (κ2) is 7.33. The van der Waals surface area contributed by atoms with Gasteiger partial charge in [0.05, 0.1) is 24.6 Å². The number of carbonyl (C=O) groups excluding carboxylic acids is 2. The largest absolute Gasteiger partial charge is 0.460 e. The molecule has 0 aliphatic rings. The molecule has 0 fully saturated rings. The number of aromatic amines is 2. The van der Waals surface area contributed by atoms with Crippen molar-refractivity contribution in [3.8, 4) is 0 Å². The fraction of sp³-hybridized carbons (Fsp3) is 0.500. The van der Waals surface area contributed by atoms with Crippen molar-refractivity contribution < 1.29 is 24.0 Å². The summed E-state index contributed by atoms with van der Waals surface area (Å²) in [4.78, 5) is 61.1. The first-order valence-corrected chi connectivity index (χ1v) is 6.59. The molecule has 0 saturated heterocycles. The molecule has 0 aliphatic carbocycles. The average molecular weight is 329 g/mol. The maximum atomic E-state index is 12.1. The minimum absolute atomic E-state index is 0.212. The molecule has 0 aromatic carbocycles. The Balaban J connectivity index is 3.45. The summed E-state index contributed by atoms with van der Waals surface area (Å²) in [5.41, 5.74) is -5.08. The van der Waals surface area contributed by atoms with Crippen LogP contribution in [0.3, 0.4) is 0 Å². The van der Waals surface area contributed by atoms with Gasteiger partial charge in [0, 0.05) is 11.8 Å². The molecule has 0 radical (unpaired) electrons. The fourth-order valence-electron chi connectivity index (χ4n) is 1.79. The smallest absolute Gasteiger partial charge is 0.414 e. The summed E-state index contributed by atoms with van der Waals surface area (Å²) in [6, 6.07) is 0. The van der Waals surface area contributed by atoms with Gasteiger partial charge in [-0.05, 0) is 13.8 Å². The molecule has 11 heteroatoms. The molecule has 2 N–H and O–H groups in total. The molecule has 0 atom stereocenters. The molecule has 0 unspecified atom stereocenters. The number of hydrogen-bond donors (Lipinski definition) is 2. The maximum absolute atomic E-state index is 12.1. The number of nitrogens with one attached hydrogen (secondary N) is 2. The molecule has 0 amide bonds. The Morgan fingerprint density at radius 1 is 1.22 bits per heavy atom. The zero-order chi connectivity index (χ0) is 17.6. The molecule has 23 heavy (non-hydrogen) atoms. The fourth-order valence-corrected chi connectivity index (χ4v) is 1.79. The van der Waals surface area contributed by atoms with Crippen molar-refractivity contribution in [1.29, 1.82) is 0 Å². The van der Waals surface area contributed by atoms with Crippen molar-refractivity contribution in [2.45, 2.75) is 25.8 Å². The van der Waals surface area contributed by atoms with Crippen molar-refractivity contribution in [2.24, 2.45) is 0 Å². The second-order valence-corrected chi connectivity index (χ2v) is 4.33. The van der Waals surface area contributed by atoms with Gasteiger partial charge in [-0.1, -0.05) is 0 Å². The van der Waals surface area contributed by atoms with Crippen molar-refractivity contribution in [3.05, 3.63) is 42.7 Å². The lowest BCUT2D eigenvalue weighted by molar-refractivity contribution is -0.541. The van der Waals surface area contributed by atoms with Gasteiger partial charge in [0.25, 0.3) is 5.56 Å². The van der Waals surface area contributed by atoms with Crippen molar-refractivity contribution >= 4 is 11.9 Å². The summed E-state index contributed by atoms with van der Waals surface area (Å²) in [5.74, 6) is -2.90. The van der Waals surface area contributed by atoms with Crippen LogP contribution in [0.1, 0.15) is 19.4 Å². The normalized spacial score (nSPS) is 10.9. The highest BCUT2D eigenvalue weighted by Gasteiger charge is 2.62. The Morgan fingerprint density at radius 2 is 1.74 bits per heavy atom. The Hall–Kier alpha value is -2.98. The topological polar surface area (TPSA) is 161 Å². The third-order valence-electron chi connectivity index (χ3n) is 2.88. The lowest BCUT2D eigenvalue weighted by Gasteiger charge is -2.20. The van der Waals surface area contributed by atoms with Crippen LogP contribution >= 0.6 is 0 Å². The summed E-state index contributed by atoms with van der Waals surface area (Å²) in [7, 11) is 0. The van der Waals surface area contributed by atoms with Gasteiger partial charge >= 0.3 is 23.2 Å². The van der Waals surface area contributed by atoms with Gasteiger partial charge in [-0.3, -0.25) is 19.9 Å². The van der Waals surface area contributed by atoms with E-state index in [2.05, 4.69) is 14.5 Å². The van der Waals surface area contributed by atoms with Gasteiger partial charge in [-0.15, -0.1) is 0 Å². The van der Waals surface area contributed by atoms with Crippen molar-refractivity contribution in [3.63, 3.8) is 0 Å². The van der Waals surface area contributed by atoms with Gasteiger partial charge in [-0.2, -0.15) is 0 Å². The Labute approximate surface area is 128 Å². The van der Waals surface area contributed by atoms with E-state index in [1.807, 2.05) is 4.98 Å². The number of esters is 2. The molecule has 0 saturated carbocycles. The molecule has 0 spiro atoms.